The van der Waals surface area contributed by atoms with Crippen molar-refractivity contribution in [1.29, 1.82) is 0 Å². The third-order valence-electron chi connectivity index (χ3n) is 2.91. The van der Waals surface area contributed by atoms with Gasteiger partial charge in [0.15, 0.2) is 0 Å². The molecule has 82 valence electrons. The summed E-state index contributed by atoms with van der Waals surface area (Å²) in [6.45, 7) is 0.906. The molecule has 0 amide bonds. The molecule has 0 aliphatic heterocycles. The molecular weight excluding hydrogens is 264 g/mol. The van der Waals surface area contributed by atoms with E-state index < -0.39 is 0 Å². The van der Waals surface area contributed by atoms with Gasteiger partial charge in [-0.3, -0.25) is 0 Å². The van der Waals surface area contributed by atoms with Crippen LogP contribution in [0.1, 0.15) is 18.4 Å². The summed E-state index contributed by atoms with van der Waals surface area (Å²) >= 11 is 3.54. The van der Waals surface area contributed by atoms with E-state index in [4.69, 9.17) is 0 Å². The Balaban J connectivity index is 1.93. The fourth-order valence-corrected chi connectivity index (χ4v) is 2.25. The van der Waals surface area contributed by atoms with Gasteiger partial charge in [-0.1, -0.05) is 18.2 Å². The number of para-hydroxylation sites is 1. The number of aromatic nitrogens is 1. The van der Waals surface area contributed by atoms with Crippen molar-refractivity contribution in [2.45, 2.75) is 25.4 Å². The van der Waals surface area contributed by atoms with E-state index in [2.05, 4.69) is 44.4 Å². The van der Waals surface area contributed by atoms with E-state index in [-0.39, 0.29) is 0 Å². The summed E-state index contributed by atoms with van der Waals surface area (Å²) < 4.78 is 0.958. The van der Waals surface area contributed by atoms with Crippen LogP contribution < -0.4 is 5.32 Å². The molecule has 2 aromatic rings. The highest BCUT2D eigenvalue weighted by molar-refractivity contribution is 9.10. The minimum atomic E-state index is 0.735. The second-order valence-corrected chi connectivity index (χ2v) is 5.04. The first-order chi connectivity index (χ1) is 7.83. The summed E-state index contributed by atoms with van der Waals surface area (Å²) in [7, 11) is 0. The summed E-state index contributed by atoms with van der Waals surface area (Å²) in [4.78, 5) is 4.55. The van der Waals surface area contributed by atoms with Crippen molar-refractivity contribution in [3.63, 3.8) is 0 Å². The lowest BCUT2D eigenvalue weighted by Crippen LogP contribution is -2.15. The predicted octanol–water partition coefficient (Wildman–Crippen LogP) is 3.25. The maximum absolute atomic E-state index is 4.55. The zero-order valence-corrected chi connectivity index (χ0v) is 10.5. The summed E-state index contributed by atoms with van der Waals surface area (Å²) in [5, 5.41) is 4.72. The van der Waals surface area contributed by atoms with Crippen molar-refractivity contribution in [2.24, 2.45) is 0 Å². The van der Waals surface area contributed by atoms with Crippen LogP contribution in [0, 0.1) is 0 Å². The molecular formula is C13H13BrN2. The lowest BCUT2D eigenvalue weighted by Gasteiger charge is -2.07. The van der Waals surface area contributed by atoms with E-state index in [1.165, 1.54) is 23.8 Å². The van der Waals surface area contributed by atoms with Gasteiger partial charge in [-0.05, 0) is 46.5 Å². The molecule has 2 nitrogen and oxygen atoms in total. The van der Waals surface area contributed by atoms with E-state index in [0.717, 1.165) is 22.7 Å². The minimum absolute atomic E-state index is 0.735. The molecule has 1 aliphatic carbocycles. The number of pyridine rings is 1. The minimum Gasteiger partial charge on any atom is -0.310 e. The largest absolute Gasteiger partial charge is 0.310 e. The summed E-state index contributed by atoms with van der Waals surface area (Å²) in [5.41, 5.74) is 2.29. The highest BCUT2D eigenvalue weighted by Gasteiger charge is 2.20. The van der Waals surface area contributed by atoms with Gasteiger partial charge in [-0.15, -0.1) is 0 Å². The molecule has 0 unspecified atom stereocenters. The molecule has 0 atom stereocenters. The molecule has 1 aromatic heterocycles. The van der Waals surface area contributed by atoms with Crippen LogP contribution in [0.4, 0.5) is 0 Å². The van der Waals surface area contributed by atoms with Gasteiger partial charge in [0.2, 0.25) is 0 Å². The van der Waals surface area contributed by atoms with Crippen LogP contribution >= 0.6 is 15.9 Å². The number of halogens is 1. The highest BCUT2D eigenvalue weighted by atomic mass is 79.9. The van der Waals surface area contributed by atoms with Gasteiger partial charge in [0, 0.05) is 18.0 Å². The number of hydrogen-bond donors (Lipinski definition) is 1. The number of nitrogens with one attached hydrogen (secondary N) is 1. The Kier molecular flexibility index (Phi) is 2.65. The smallest absolute Gasteiger partial charge is 0.111 e. The molecule has 1 N–H and O–H groups in total. The Morgan fingerprint density at radius 2 is 2.12 bits per heavy atom. The molecule has 0 bridgehead atoms. The van der Waals surface area contributed by atoms with Crippen LogP contribution in [0.3, 0.4) is 0 Å². The maximum atomic E-state index is 4.55. The SMILES string of the molecule is Brc1nc2ccccc2cc1CNC1CC1. The molecule has 1 heterocycles. The quantitative estimate of drug-likeness (QED) is 0.871. The lowest BCUT2D eigenvalue weighted by atomic mass is 10.1. The van der Waals surface area contributed by atoms with Gasteiger partial charge in [0.05, 0.1) is 5.52 Å². The second-order valence-electron chi connectivity index (χ2n) is 4.29. The molecule has 1 aliphatic rings. The second kappa shape index (κ2) is 4.15. The van der Waals surface area contributed by atoms with Crippen LogP contribution in [-0.2, 0) is 6.54 Å². The fraction of sp³-hybridized carbons (Fsp3) is 0.308. The first kappa shape index (κ1) is 10.2. The Bertz CT molecular complexity index is 520. The first-order valence-electron chi connectivity index (χ1n) is 5.60. The zero-order valence-electron chi connectivity index (χ0n) is 8.91. The van der Waals surface area contributed by atoms with Gasteiger partial charge in [0.25, 0.3) is 0 Å². The third-order valence-corrected chi connectivity index (χ3v) is 3.60. The third kappa shape index (κ3) is 2.11. The van der Waals surface area contributed by atoms with Crippen LogP contribution in [0.15, 0.2) is 34.9 Å². The number of rotatable bonds is 3. The van der Waals surface area contributed by atoms with Crippen LogP contribution in [0.5, 0.6) is 0 Å². The molecule has 0 radical (unpaired) electrons. The number of fused-ring (bicyclic) bond motifs is 1. The van der Waals surface area contributed by atoms with E-state index in [9.17, 15) is 0 Å². The van der Waals surface area contributed by atoms with E-state index in [1.54, 1.807) is 0 Å². The monoisotopic (exact) mass is 276 g/mol. The Labute approximate surface area is 103 Å². The average Bonchev–Trinajstić information content (AvgIpc) is 3.10. The van der Waals surface area contributed by atoms with Crippen molar-refractivity contribution in [3.05, 3.63) is 40.5 Å². The summed E-state index contributed by atoms with van der Waals surface area (Å²) in [6.07, 6.45) is 2.64. The van der Waals surface area contributed by atoms with Crippen molar-refractivity contribution >= 4 is 26.8 Å². The molecule has 3 heteroatoms. The normalized spacial score (nSPS) is 15.6. The topological polar surface area (TPSA) is 24.9 Å². The molecule has 1 aromatic carbocycles. The number of hydrogen-bond acceptors (Lipinski definition) is 2. The standard InChI is InChI=1S/C13H13BrN2/c14-13-10(8-15-11-5-6-11)7-9-3-1-2-4-12(9)16-13/h1-4,7,11,15H,5-6,8H2. The van der Waals surface area contributed by atoms with E-state index in [0.29, 0.717) is 0 Å². The van der Waals surface area contributed by atoms with Crippen molar-refractivity contribution in [2.75, 3.05) is 0 Å². The first-order valence-corrected chi connectivity index (χ1v) is 6.40. The van der Waals surface area contributed by atoms with Gasteiger partial charge < -0.3 is 5.32 Å². The molecule has 3 rings (SSSR count). The Morgan fingerprint density at radius 3 is 2.94 bits per heavy atom. The van der Waals surface area contributed by atoms with Gasteiger partial charge in [-0.25, -0.2) is 4.98 Å². The molecule has 1 saturated carbocycles. The summed E-state index contributed by atoms with van der Waals surface area (Å²) in [6, 6.07) is 11.2. The predicted molar refractivity (Wildman–Crippen MR) is 69.3 cm³/mol. The lowest BCUT2D eigenvalue weighted by molar-refractivity contribution is 0.684. The number of nitrogens with zero attached hydrogens (tertiary/aromatic N) is 1. The van der Waals surface area contributed by atoms with Crippen molar-refractivity contribution < 1.29 is 0 Å². The Hall–Kier alpha value is -0.930. The van der Waals surface area contributed by atoms with Crippen molar-refractivity contribution in [3.8, 4) is 0 Å². The zero-order chi connectivity index (χ0) is 11.0. The molecule has 0 spiro atoms. The van der Waals surface area contributed by atoms with Crippen LogP contribution in [-0.4, -0.2) is 11.0 Å². The highest BCUT2D eigenvalue weighted by Crippen LogP contribution is 2.23. The summed E-state index contributed by atoms with van der Waals surface area (Å²) in [5.74, 6) is 0. The number of benzene rings is 1. The molecule has 0 saturated heterocycles. The van der Waals surface area contributed by atoms with Gasteiger partial charge in [0.1, 0.15) is 4.60 Å². The van der Waals surface area contributed by atoms with E-state index in [1.807, 2.05) is 12.1 Å². The Morgan fingerprint density at radius 1 is 1.31 bits per heavy atom. The van der Waals surface area contributed by atoms with Crippen LogP contribution in [0.25, 0.3) is 10.9 Å². The maximum Gasteiger partial charge on any atom is 0.111 e. The fourth-order valence-electron chi connectivity index (χ4n) is 1.80. The van der Waals surface area contributed by atoms with Crippen LogP contribution in [0.2, 0.25) is 0 Å². The molecule has 1 fully saturated rings. The van der Waals surface area contributed by atoms with Gasteiger partial charge in [-0.2, -0.15) is 0 Å². The molecule has 16 heavy (non-hydrogen) atoms. The van der Waals surface area contributed by atoms with E-state index >= 15 is 0 Å². The average molecular weight is 277 g/mol. The van der Waals surface area contributed by atoms with Gasteiger partial charge >= 0.3 is 0 Å². The van der Waals surface area contributed by atoms with Crippen molar-refractivity contribution in [1.82, 2.24) is 10.3 Å².